The molecule has 0 amide bonds. The molecule has 0 aliphatic heterocycles. The molecule has 1 nitrogen and oxygen atoms in total. The lowest BCUT2D eigenvalue weighted by molar-refractivity contribution is 0.455. The maximum absolute atomic E-state index is 5.10. The molecule has 0 aromatic heterocycles. The van der Waals surface area contributed by atoms with Gasteiger partial charge in [0.05, 0.1) is 0 Å². The molecule has 0 aromatic carbocycles. The summed E-state index contributed by atoms with van der Waals surface area (Å²) in [4.78, 5) is 0. The van der Waals surface area contributed by atoms with E-state index < -0.39 is 9.07 Å². The zero-order valence-corrected chi connectivity index (χ0v) is 4.66. The molecule has 0 aliphatic carbocycles. The predicted octanol–water partition coefficient (Wildman–Crippen LogP) is -0.130. The van der Waals surface area contributed by atoms with Crippen molar-refractivity contribution in [3.63, 3.8) is 0 Å². The van der Waals surface area contributed by atoms with Gasteiger partial charge in [0, 0.05) is 7.11 Å². The van der Waals surface area contributed by atoms with Crippen LogP contribution in [0.25, 0.3) is 0 Å². The summed E-state index contributed by atoms with van der Waals surface area (Å²) in [6.45, 7) is 0. The summed E-state index contributed by atoms with van der Waals surface area (Å²) in [7, 11) is 1.01. The Balaban J connectivity index is 1.97. The Kier molecular flexibility index (Phi) is 3.87. The third kappa shape index (κ3) is 2.47. The largest absolute Gasteiger partial charge is 0.411 e. The monoisotopic (exact) mass is 96.0 g/mol. The van der Waals surface area contributed by atoms with E-state index in [4.69, 9.17) is 11.1 Å². The fraction of sp³-hybridized carbons (Fsp3) is 1.00. The van der Waals surface area contributed by atoms with Crippen LogP contribution in [0, 0.1) is 0 Å². The maximum Gasteiger partial charge on any atom is 0.257 e. The van der Waals surface area contributed by atoms with Gasteiger partial charge in [-0.25, -0.2) is 0 Å². The van der Waals surface area contributed by atoms with Crippen molar-refractivity contribution in [1.29, 1.82) is 0 Å². The molecule has 0 atom stereocenters. The van der Waals surface area contributed by atoms with Gasteiger partial charge in [0.25, 0.3) is 9.07 Å². The van der Waals surface area contributed by atoms with Crippen molar-refractivity contribution in [2.45, 2.75) is 0 Å². The molecular formula is CH5ClOSi. The Bertz CT molecular complexity index is 10.0. The normalized spacial score (nSPS) is 10.5. The highest BCUT2D eigenvalue weighted by Gasteiger charge is 1.58. The molecule has 0 fully saturated rings. The fourth-order valence-corrected chi connectivity index (χ4v) is 0. The second kappa shape index (κ2) is 3.47. The van der Waals surface area contributed by atoms with E-state index in [2.05, 4.69) is 4.43 Å². The number of hydrogen-bond acceptors (Lipinski definition) is 1. The van der Waals surface area contributed by atoms with Crippen LogP contribution in [0.5, 0.6) is 0 Å². The first-order valence-electron chi connectivity index (χ1n) is 0.964. The van der Waals surface area contributed by atoms with Gasteiger partial charge >= 0.3 is 0 Å². The minimum absolute atomic E-state index is 0.603. The minimum atomic E-state index is -0.603. The Morgan fingerprint density at radius 3 is 2.25 bits per heavy atom. The van der Waals surface area contributed by atoms with E-state index >= 15 is 0 Å². The van der Waals surface area contributed by atoms with Crippen molar-refractivity contribution in [2.24, 2.45) is 0 Å². The van der Waals surface area contributed by atoms with Crippen molar-refractivity contribution < 1.29 is 4.43 Å². The maximum atomic E-state index is 5.10. The van der Waals surface area contributed by atoms with E-state index in [-0.39, 0.29) is 0 Å². The summed E-state index contributed by atoms with van der Waals surface area (Å²) in [6.07, 6.45) is 0. The molecule has 3 heteroatoms. The van der Waals surface area contributed by atoms with Gasteiger partial charge in [-0.1, -0.05) is 0 Å². The summed E-state index contributed by atoms with van der Waals surface area (Å²) >= 11 is 5.10. The van der Waals surface area contributed by atoms with Crippen molar-refractivity contribution in [2.75, 3.05) is 7.11 Å². The molecule has 0 rings (SSSR count). The van der Waals surface area contributed by atoms with Crippen LogP contribution in [-0.4, -0.2) is 16.2 Å². The first-order valence-corrected chi connectivity index (χ1v) is 3.68. The number of rotatable bonds is 1. The van der Waals surface area contributed by atoms with Crippen LogP contribution < -0.4 is 0 Å². The Morgan fingerprint density at radius 2 is 2.25 bits per heavy atom. The predicted molar refractivity (Wildman–Crippen MR) is 21.4 cm³/mol. The molecule has 0 unspecified atom stereocenters. The highest BCUT2D eigenvalue weighted by atomic mass is 35.6. The summed E-state index contributed by atoms with van der Waals surface area (Å²) in [5.74, 6) is 0. The third-order valence-electron chi connectivity index (χ3n) is 0.109. The molecule has 0 saturated heterocycles. The van der Waals surface area contributed by atoms with Gasteiger partial charge in [0.2, 0.25) is 0 Å². The fourth-order valence-electron chi connectivity index (χ4n) is 0. The van der Waals surface area contributed by atoms with Crippen LogP contribution in [-0.2, 0) is 4.43 Å². The van der Waals surface area contributed by atoms with E-state index in [0.717, 1.165) is 0 Å². The van der Waals surface area contributed by atoms with Gasteiger partial charge in [-0.15, -0.1) is 11.1 Å². The molecule has 0 aromatic rings. The summed E-state index contributed by atoms with van der Waals surface area (Å²) < 4.78 is 4.45. The first-order chi connectivity index (χ1) is 1.91. The zero-order chi connectivity index (χ0) is 3.41. The van der Waals surface area contributed by atoms with Gasteiger partial charge in [0.1, 0.15) is 0 Å². The second-order valence-electron chi connectivity index (χ2n) is 0.398. The second-order valence-corrected chi connectivity index (χ2v) is 1.85. The lowest BCUT2D eigenvalue weighted by Gasteiger charge is -1.72. The summed E-state index contributed by atoms with van der Waals surface area (Å²) in [6, 6.07) is 0. The van der Waals surface area contributed by atoms with Gasteiger partial charge < -0.3 is 4.43 Å². The Labute approximate surface area is 32.6 Å². The Morgan fingerprint density at radius 1 is 2.00 bits per heavy atom. The standard InChI is InChI=1S/CH5ClOSi/c1-3-4-2/h4H2,1H3. The molecule has 0 N–H and O–H groups in total. The van der Waals surface area contributed by atoms with Gasteiger partial charge in [0.15, 0.2) is 0 Å². The van der Waals surface area contributed by atoms with Crippen LogP contribution >= 0.6 is 11.1 Å². The molecular weight excluding hydrogens is 91.5 g/mol. The van der Waals surface area contributed by atoms with Gasteiger partial charge in [-0.05, 0) is 0 Å². The Hall–Kier alpha value is 0.467. The topological polar surface area (TPSA) is 9.23 Å². The molecule has 0 aliphatic rings. The van der Waals surface area contributed by atoms with Crippen LogP contribution in [0.1, 0.15) is 0 Å². The third-order valence-corrected chi connectivity index (χ3v) is 0.982. The van der Waals surface area contributed by atoms with Gasteiger partial charge in [-0.3, -0.25) is 0 Å². The van der Waals surface area contributed by atoms with Crippen molar-refractivity contribution >= 4 is 20.2 Å². The van der Waals surface area contributed by atoms with Crippen LogP contribution in [0.4, 0.5) is 0 Å². The quantitative estimate of drug-likeness (QED) is 0.327. The number of halogens is 1. The average Bonchev–Trinajstić information content (AvgIpc) is 1.37. The zero-order valence-electron chi connectivity index (χ0n) is 2.49. The minimum Gasteiger partial charge on any atom is -0.411 e. The summed E-state index contributed by atoms with van der Waals surface area (Å²) in [5, 5.41) is 0. The molecule has 0 heterocycles. The number of hydrogen-bond donors (Lipinski definition) is 0. The van der Waals surface area contributed by atoms with E-state index in [0.29, 0.717) is 0 Å². The first kappa shape index (κ1) is 4.47. The van der Waals surface area contributed by atoms with Crippen LogP contribution in [0.15, 0.2) is 0 Å². The highest BCUT2D eigenvalue weighted by molar-refractivity contribution is 6.89. The smallest absolute Gasteiger partial charge is 0.257 e. The van der Waals surface area contributed by atoms with E-state index in [1.54, 1.807) is 7.11 Å². The van der Waals surface area contributed by atoms with Crippen molar-refractivity contribution in [3.05, 3.63) is 0 Å². The van der Waals surface area contributed by atoms with Gasteiger partial charge in [-0.2, -0.15) is 0 Å². The van der Waals surface area contributed by atoms with Crippen LogP contribution in [0.2, 0.25) is 0 Å². The summed E-state index contributed by atoms with van der Waals surface area (Å²) in [5.41, 5.74) is 0. The van der Waals surface area contributed by atoms with Crippen molar-refractivity contribution in [1.82, 2.24) is 0 Å². The van der Waals surface area contributed by atoms with E-state index in [9.17, 15) is 0 Å². The molecule has 0 radical (unpaired) electrons. The van der Waals surface area contributed by atoms with E-state index in [1.165, 1.54) is 0 Å². The van der Waals surface area contributed by atoms with Crippen molar-refractivity contribution in [3.8, 4) is 0 Å². The lowest BCUT2D eigenvalue weighted by Crippen LogP contribution is -1.75. The highest BCUT2D eigenvalue weighted by Crippen LogP contribution is 1.61. The lowest BCUT2D eigenvalue weighted by atomic mass is 11.8. The molecule has 0 bridgehead atoms. The van der Waals surface area contributed by atoms with Crippen LogP contribution in [0.3, 0.4) is 0 Å². The van der Waals surface area contributed by atoms with E-state index in [1.807, 2.05) is 0 Å². The SMILES string of the molecule is CO[SiH2]Cl. The molecule has 0 spiro atoms. The molecule has 26 valence electrons. The molecule has 4 heavy (non-hydrogen) atoms. The molecule has 0 saturated carbocycles. The average molecular weight is 96.6 g/mol.